The Morgan fingerprint density at radius 2 is 2.09 bits per heavy atom. The number of rotatable bonds is 9. The first-order valence-electron chi connectivity index (χ1n) is 8.11. The summed E-state index contributed by atoms with van der Waals surface area (Å²) < 4.78 is 0. The zero-order valence-corrected chi connectivity index (χ0v) is 14.1. The van der Waals surface area contributed by atoms with Crippen molar-refractivity contribution in [3.63, 3.8) is 0 Å². The molecule has 0 amide bonds. The number of aryl methyl sites for hydroxylation is 2. The molecule has 0 radical (unpaired) electrons. The molecule has 0 spiro atoms. The SMILES string of the molecule is C=C/C(=C\C(C)=O)C(CC)CCCCc1cc(O)ccc1C. The maximum atomic E-state index is 11.3. The smallest absolute Gasteiger partial charge is 0.152 e. The Morgan fingerprint density at radius 1 is 1.36 bits per heavy atom. The molecule has 1 N–H and O–H groups in total. The van der Waals surface area contributed by atoms with Gasteiger partial charge in [0, 0.05) is 0 Å². The van der Waals surface area contributed by atoms with Crippen LogP contribution < -0.4 is 0 Å². The summed E-state index contributed by atoms with van der Waals surface area (Å²) >= 11 is 0. The Hall–Kier alpha value is -1.83. The van der Waals surface area contributed by atoms with Crippen LogP contribution in [0.3, 0.4) is 0 Å². The molecule has 0 aliphatic carbocycles. The van der Waals surface area contributed by atoms with Gasteiger partial charge in [0.05, 0.1) is 0 Å². The predicted octanol–water partition coefficient (Wildman–Crippen LogP) is 5.14. The third-order valence-corrected chi connectivity index (χ3v) is 4.15. The van der Waals surface area contributed by atoms with Gasteiger partial charge in [-0.3, -0.25) is 4.79 Å². The Kier molecular flexibility index (Phi) is 7.65. The van der Waals surface area contributed by atoms with E-state index in [0.717, 1.165) is 37.7 Å². The maximum absolute atomic E-state index is 11.3. The van der Waals surface area contributed by atoms with Crippen LogP contribution in [0.15, 0.2) is 42.5 Å². The largest absolute Gasteiger partial charge is 0.508 e. The number of aromatic hydroxyl groups is 1. The number of benzene rings is 1. The monoisotopic (exact) mass is 300 g/mol. The number of carbonyl (C=O) groups is 1. The van der Waals surface area contributed by atoms with Gasteiger partial charge >= 0.3 is 0 Å². The van der Waals surface area contributed by atoms with Crippen molar-refractivity contribution < 1.29 is 9.90 Å². The van der Waals surface area contributed by atoms with Crippen molar-refractivity contribution >= 4 is 5.78 Å². The summed E-state index contributed by atoms with van der Waals surface area (Å²) in [4.78, 5) is 11.3. The maximum Gasteiger partial charge on any atom is 0.152 e. The van der Waals surface area contributed by atoms with E-state index >= 15 is 0 Å². The second-order valence-electron chi connectivity index (χ2n) is 5.92. The number of phenols is 1. The number of hydrogen-bond acceptors (Lipinski definition) is 2. The molecule has 1 aromatic rings. The summed E-state index contributed by atoms with van der Waals surface area (Å²) in [5.41, 5.74) is 3.51. The first-order valence-corrected chi connectivity index (χ1v) is 8.11. The lowest BCUT2D eigenvalue weighted by Gasteiger charge is -2.16. The fraction of sp³-hybridized carbons (Fsp3) is 0.450. The van der Waals surface area contributed by atoms with Crippen LogP contribution >= 0.6 is 0 Å². The van der Waals surface area contributed by atoms with Crippen LogP contribution in [0.25, 0.3) is 0 Å². The summed E-state index contributed by atoms with van der Waals surface area (Å²) in [6.45, 7) is 9.65. The zero-order chi connectivity index (χ0) is 16.5. The number of hydrogen-bond donors (Lipinski definition) is 1. The standard InChI is InChI=1S/C20H28O2/c1-5-17(18(6-2)13-16(4)21)9-7-8-10-19-14-20(22)12-11-15(19)3/h6,11-14,17,22H,2,5,7-10H2,1,3-4H3/b18-13+. The molecule has 1 atom stereocenters. The molecule has 2 nitrogen and oxygen atoms in total. The highest BCUT2D eigenvalue weighted by Crippen LogP contribution is 2.24. The van der Waals surface area contributed by atoms with Crippen molar-refractivity contribution in [3.05, 3.63) is 53.6 Å². The highest BCUT2D eigenvalue weighted by Gasteiger charge is 2.10. The van der Waals surface area contributed by atoms with E-state index in [1.54, 1.807) is 19.1 Å². The van der Waals surface area contributed by atoms with E-state index in [-0.39, 0.29) is 5.78 Å². The Balaban J connectivity index is 2.52. The van der Waals surface area contributed by atoms with Gasteiger partial charge in [-0.2, -0.15) is 0 Å². The molecule has 0 saturated carbocycles. The van der Waals surface area contributed by atoms with Gasteiger partial charge in [-0.1, -0.05) is 32.1 Å². The van der Waals surface area contributed by atoms with E-state index in [1.165, 1.54) is 11.1 Å². The molecule has 0 fully saturated rings. The molecular formula is C20H28O2. The Morgan fingerprint density at radius 3 is 2.68 bits per heavy atom. The van der Waals surface area contributed by atoms with Crippen LogP contribution in [0.5, 0.6) is 5.75 Å². The molecule has 2 heteroatoms. The van der Waals surface area contributed by atoms with Gasteiger partial charge in [-0.25, -0.2) is 0 Å². The van der Waals surface area contributed by atoms with E-state index < -0.39 is 0 Å². The van der Waals surface area contributed by atoms with Crippen molar-refractivity contribution in [2.45, 2.75) is 52.9 Å². The molecule has 0 heterocycles. The van der Waals surface area contributed by atoms with Crippen molar-refractivity contribution in [2.75, 3.05) is 0 Å². The molecule has 1 unspecified atom stereocenters. The summed E-state index contributed by atoms with van der Waals surface area (Å²) in [6.07, 6.45) is 8.80. The molecule has 120 valence electrons. The third kappa shape index (κ3) is 5.88. The van der Waals surface area contributed by atoms with Crippen molar-refractivity contribution in [1.29, 1.82) is 0 Å². The van der Waals surface area contributed by atoms with E-state index in [1.807, 2.05) is 18.2 Å². The molecule has 22 heavy (non-hydrogen) atoms. The molecule has 0 aliphatic heterocycles. The average Bonchev–Trinajstić information content (AvgIpc) is 2.48. The lowest BCUT2D eigenvalue weighted by molar-refractivity contribution is -0.112. The highest BCUT2D eigenvalue weighted by atomic mass is 16.3. The van der Waals surface area contributed by atoms with Gasteiger partial charge < -0.3 is 5.11 Å². The van der Waals surface area contributed by atoms with Gasteiger partial charge in [0.25, 0.3) is 0 Å². The fourth-order valence-electron chi connectivity index (χ4n) is 2.82. The molecule has 0 aliphatic rings. The van der Waals surface area contributed by atoms with E-state index in [0.29, 0.717) is 11.7 Å². The van der Waals surface area contributed by atoms with E-state index in [9.17, 15) is 9.90 Å². The lowest BCUT2D eigenvalue weighted by Crippen LogP contribution is -2.04. The van der Waals surface area contributed by atoms with Crippen LogP contribution in [0.4, 0.5) is 0 Å². The summed E-state index contributed by atoms with van der Waals surface area (Å²) in [6, 6.07) is 5.55. The van der Waals surface area contributed by atoms with Crippen LogP contribution in [0.2, 0.25) is 0 Å². The summed E-state index contributed by atoms with van der Waals surface area (Å²) in [7, 11) is 0. The zero-order valence-electron chi connectivity index (χ0n) is 14.1. The second-order valence-corrected chi connectivity index (χ2v) is 5.92. The van der Waals surface area contributed by atoms with E-state index in [4.69, 9.17) is 0 Å². The van der Waals surface area contributed by atoms with Gasteiger partial charge in [0.15, 0.2) is 5.78 Å². The van der Waals surface area contributed by atoms with Gasteiger partial charge in [-0.15, -0.1) is 0 Å². The number of ketones is 1. The second kappa shape index (κ2) is 9.24. The molecule has 1 aromatic carbocycles. The summed E-state index contributed by atoms with van der Waals surface area (Å²) in [5.74, 6) is 0.834. The van der Waals surface area contributed by atoms with E-state index in [2.05, 4.69) is 20.4 Å². The highest BCUT2D eigenvalue weighted by molar-refractivity contribution is 5.88. The Bertz CT molecular complexity index is 541. The van der Waals surface area contributed by atoms with Gasteiger partial charge in [-0.05, 0) is 80.4 Å². The number of carbonyl (C=O) groups excluding carboxylic acids is 1. The molecule has 1 rings (SSSR count). The first kappa shape index (κ1) is 18.2. The van der Waals surface area contributed by atoms with Gasteiger partial charge in [0.1, 0.15) is 5.75 Å². The minimum Gasteiger partial charge on any atom is -0.508 e. The average molecular weight is 300 g/mol. The number of phenolic OH excluding ortho intramolecular Hbond substituents is 1. The Labute approximate surface area is 134 Å². The molecule has 0 aromatic heterocycles. The lowest BCUT2D eigenvalue weighted by atomic mass is 9.89. The molecular weight excluding hydrogens is 272 g/mol. The molecule has 0 saturated heterocycles. The van der Waals surface area contributed by atoms with Crippen LogP contribution in [-0.4, -0.2) is 10.9 Å². The topological polar surface area (TPSA) is 37.3 Å². The predicted molar refractivity (Wildman–Crippen MR) is 93.1 cm³/mol. The minimum atomic E-state index is 0.0868. The van der Waals surface area contributed by atoms with Crippen molar-refractivity contribution in [3.8, 4) is 5.75 Å². The molecule has 0 bridgehead atoms. The van der Waals surface area contributed by atoms with Crippen LogP contribution in [0.1, 0.15) is 50.7 Å². The number of unbranched alkanes of at least 4 members (excludes halogenated alkanes) is 1. The number of allylic oxidation sites excluding steroid dienone is 3. The van der Waals surface area contributed by atoms with Crippen molar-refractivity contribution in [1.82, 2.24) is 0 Å². The fourth-order valence-corrected chi connectivity index (χ4v) is 2.82. The van der Waals surface area contributed by atoms with Crippen LogP contribution in [-0.2, 0) is 11.2 Å². The first-order chi connectivity index (χ1) is 10.5. The summed E-state index contributed by atoms with van der Waals surface area (Å²) in [5, 5.41) is 9.56. The minimum absolute atomic E-state index is 0.0868. The van der Waals surface area contributed by atoms with Crippen LogP contribution in [0, 0.1) is 12.8 Å². The van der Waals surface area contributed by atoms with Gasteiger partial charge in [0.2, 0.25) is 0 Å². The third-order valence-electron chi connectivity index (χ3n) is 4.15. The quantitative estimate of drug-likeness (QED) is 0.389. The van der Waals surface area contributed by atoms with Crippen molar-refractivity contribution in [2.24, 2.45) is 5.92 Å². The normalized spacial score (nSPS) is 13.0.